The lowest BCUT2D eigenvalue weighted by Gasteiger charge is -2.39. The number of nitrogens with two attached hydrogens (primary N) is 1. The van der Waals surface area contributed by atoms with Gasteiger partial charge in [-0.05, 0) is 42.2 Å². The summed E-state index contributed by atoms with van der Waals surface area (Å²) < 4.78 is 5.84. The molecule has 1 aliphatic rings. The van der Waals surface area contributed by atoms with Crippen molar-refractivity contribution in [2.45, 2.75) is 31.7 Å². The van der Waals surface area contributed by atoms with Crippen LogP contribution >= 0.6 is 0 Å². The first-order chi connectivity index (χ1) is 9.62. The van der Waals surface area contributed by atoms with Gasteiger partial charge in [-0.3, -0.25) is 0 Å². The van der Waals surface area contributed by atoms with E-state index < -0.39 is 0 Å². The second-order valence-corrected chi connectivity index (χ2v) is 5.87. The van der Waals surface area contributed by atoms with Crippen molar-refractivity contribution in [1.82, 2.24) is 0 Å². The van der Waals surface area contributed by atoms with E-state index in [2.05, 4.69) is 56.3 Å². The molecule has 0 saturated heterocycles. The summed E-state index contributed by atoms with van der Waals surface area (Å²) in [5, 5.41) is 0. The molecule has 2 aromatic carbocycles. The van der Waals surface area contributed by atoms with Gasteiger partial charge in [0.05, 0.1) is 5.54 Å². The highest BCUT2D eigenvalue weighted by molar-refractivity contribution is 5.66. The maximum absolute atomic E-state index is 6.41. The highest BCUT2D eigenvalue weighted by Gasteiger charge is 2.36. The molecule has 0 saturated carbocycles. The molecule has 1 aliphatic heterocycles. The summed E-state index contributed by atoms with van der Waals surface area (Å²) in [4.78, 5) is 0. The Morgan fingerprint density at radius 2 is 1.90 bits per heavy atom. The average molecular weight is 267 g/mol. The van der Waals surface area contributed by atoms with Gasteiger partial charge in [-0.1, -0.05) is 43.3 Å². The smallest absolute Gasteiger partial charge is 0.122 e. The van der Waals surface area contributed by atoms with E-state index in [4.69, 9.17) is 10.5 Å². The Kier molecular flexibility index (Phi) is 3.27. The Morgan fingerprint density at radius 3 is 2.60 bits per heavy atom. The van der Waals surface area contributed by atoms with Gasteiger partial charge in [0.2, 0.25) is 0 Å². The van der Waals surface area contributed by atoms with Crippen molar-refractivity contribution in [1.29, 1.82) is 0 Å². The van der Waals surface area contributed by atoms with Crippen molar-refractivity contribution >= 4 is 0 Å². The van der Waals surface area contributed by atoms with Crippen molar-refractivity contribution in [3.05, 3.63) is 54.1 Å². The molecule has 0 aromatic heterocycles. The molecule has 2 heteroatoms. The van der Waals surface area contributed by atoms with E-state index in [-0.39, 0.29) is 5.54 Å². The minimum atomic E-state index is -0.295. The summed E-state index contributed by atoms with van der Waals surface area (Å²) in [5.41, 5.74) is 9.81. The van der Waals surface area contributed by atoms with Gasteiger partial charge in [0, 0.05) is 5.92 Å². The van der Waals surface area contributed by atoms with Crippen LogP contribution in [0.4, 0.5) is 0 Å². The molecular weight excluding hydrogens is 246 g/mol. The van der Waals surface area contributed by atoms with Gasteiger partial charge in [0.1, 0.15) is 12.4 Å². The highest BCUT2D eigenvalue weighted by Crippen LogP contribution is 2.41. The Morgan fingerprint density at radius 1 is 1.15 bits per heavy atom. The van der Waals surface area contributed by atoms with Gasteiger partial charge in [-0.2, -0.15) is 0 Å². The van der Waals surface area contributed by atoms with Crippen LogP contribution in [-0.2, 0) is 0 Å². The molecular formula is C18H21NO. The first-order valence-electron chi connectivity index (χ1n) is 7.23. The van der Waals surface area contributed by atoms with Gasteiger partial charge in [0.25, 0.3) is 0 Å². The number of fused-ring (bicyclic) bond motifs is 1. The lowest BCUT2D eigenvalue weighted by molar-refractivity contribution is 0.171. The van der Waals surface area contributed by atoms with Gasteiger partial charge in [0.15, 0.2) is 0 Å². The quantitative estimate of drug-likeness (QED) is 0.894. The fourth-order valence-electron chi connectivity index (χ4n) is 3.14. The summed E-state index contributed by atoms with van der Waals surface area (Å²) in [6.07, 6.45) is 1.03. The number of benzene rings is 2. The second kappa shape index (κ2) is 4.95. The van der Waals surface area contributed by atoms with Crippen molar-refractivity contribution in [2.75, 3.05) is 6.61 Å². The standard InChI is InChI=1S/C18H21NO/c1-3-16-15-11-14(13-7-5-4-6-8-13)9-10-17(15)20-12-18(16,2)19/h4-11,16H,3,12,19H2,1-2H3/t16-,18+/m0/s1. The van der Waals surface area contributed by atoms with E-state index in [1.54, 1.807) is 0 Å². The van der Waals surface area contributed by atoms with Crippen LogP contribution in [-0.4, -0.2) is 12.1 Å². The Hall–Kier alpha value is -1.80. The molecule has 2 aromatic rings. The van der Waals surface area contributed by atoms with Crippen molar-refractivity contribution in [3.63, 3.8) is 0 Å². The first kappa shape index (κ1) is 13.2. The van der Waals surface area contributed by atoms with Gasteiger partial charge in [-0.15, -0.1) is 0 Å². The predicted octanol–water partition coefficient (Wildman–Crippen LogP) is 3.96. The number of rotatable bonds is 2. The molecule has 2 N–H and O–H groups in total. The minimum Gasteiger partial charge on any atom is -0.491 e. The third-order valence-corrected chi connectivity index (χ3v) is 4.24. The molecule has 3 rings (SSSR count). The van der Waals surface area contributed by atoms with Crippen LogP contribution in [0.5, 0.6) is 5.75 Å². The summed E-state index contributed by atoms with van der Waals surface area (Å²) in [5.74, 6) is 1.33. The van der Waals surface area contributed by atoms with E-state index in [1.165, 1.54) is 16.7 Å². The van der Waals surface area contributed by atoms with Crippen molar-refractivity contribution < 1.29 is 4.74 Å². The Labute approximate surface area is 120 Å². The van der Waals surface area contributed by atoms with Crippen LogP contribution in [0.2, 0.25) is 0 Å². The van der Waals surface area contributed by atoms with Crippen molar-refractivity contribution in [3.8, 4) is 16.9 Å². The SMILES string of the molecule is CC[C@H]1c2cc(-c3ccccc3)ccc2OC[C@@]1(C)N. The molecule has 0 unspecified atom stereocenters. The monoisotopic (exact) mass is 267 g/mol. The third-order valence-electron chi connectivity index (χ3n) is 4.24. The molecule has 0 bridgehead atoms. The number of ether oxygens (including phenoxy) is 1. The van der Waals surface area contributed by atoms with E-state index in [1.807, 2.05) is 6.07 Å². The number of hydrogen-bond donors (Lipinski definition) is 1. The molecule has 0 radical (unpaired) electrons. The maximum Gasteiger partial charge on any atom is 0.122 e. The van der Waals surface area contributed by atoms with Gasteiger partial charge < -0.3 is 10.5 Å². The fourth-order valence-corrected chi connectivity index (χ4v) is 3.14. The Bertz CT molecular complexity index is 604. The first-order valence-corrected chi connectivity index (χ1v) is 7.23. The molecule has 1 heterocycles. The summed E-state index contributed by atoms with van der Waals surface area (Å²) >= 11 is 0. The molecule has 2 atom stereocenters. The van der Waals surface area contributed by atoms with Crippen molar-refractivity contribution in [2.24, 2.45) is 5.73 Å². The van der Waals surface area contributed by atoms with Crippen LogP contribution in [0, 0.1) is 0 Å². The Balaban J connectivity index is 2.08. The van der Waals surface area contributed by atoms with E-state index >= 15 is 0 Å². The minimum absolute atomic E-state index is 0.295. The summed E-state index contributed by atoms with van der Waals surface area (Å²) in [6.45, 7) is 4.86. The van der Waals surface area contributed by atoms with Crippen LogP contribution < -0.4 is 10.5 Å². The van der Waals surface area contributed by atoms with Crippen LogP contribution in [0.3, 0.4) is 0 Å². The fraction of sp³-hybridized carbons (Fsp3) is 0.333. The highest BCUT2D eigenvalue weighted by atomic mass is 16.5. The second-order valence-electron chi connectivity index (χ2n) is 5.87. The lowest BCUT2D eigenvalue weighted by Crippen LogP contribution is -2.50. The summed E-state index contributed by atoms with van der Waals surface area (Å²) in [6, 6.07) is 16.9. The topological polar surface area (TPSA) is 35.2 Å². The molecule has 0 spiro atoms. The molecule has 0 aliphatic carbocycles. The third kappa shape index (κ3) is 2.20. The zero-order chi connectivity index (χ0) is 14.2. The van der Waals surface area contributed by atoms with Crippen LogP contribution in [0.1, 0.15) is 31.7 Å². The zero-order valence-corrected chi connectivity index (χ0v) is 12.1. The van der Waals surface area contributed by atoms with Gasteiger partial charge >= 0.3 is 0 Å². The zero-order valence-electron chi connectivity index (χ0n) is 12.1. The van der Waals surface area contributed by atoms with E-state index in [0.717, 1.165) is 12.2 Å². The summed E-state index contributed by atoms with van der Waals surface area (Å²) in [7, 11) is 0. The molecule has 0 amide bonds. The molecule has 2 nitrogen and oxygen atoms in total. The van der Waals surface area contributed by atoms with E-state index in [0.29, 0.717) is 12.5 Å². The maximum atomic E-state index is 6.41. The molecule has 0 fully saturated rings. The van der Waals surface area contributed by atoms with Crippen LogP contribution in [0.25, 0.3) is 11.1 Å². The normalized spacial score (nSPS) is 24.9. The largest absolute Gasteiger partial charge is 0.491 e. The molecule has 20 heavy (non-hydrogen) atoms. The lowest BCUT2D eigenvalue weighted by atomic mass is 9.77. The number of hydrogen-bond acceptors (Lipinski definition) is 2. The van der Waals surface area contributed by atoms with E-state index in [9.17, 15) is 0 Å². The predicted molar refractivity (Wildman–Crippen MR) is 83.0 cm³/mol. The molecule has 104 valence electrons. The van der Waals surface area contributed by atoms with Gasteiger partial charge in [-0.25, -0.2) is 0 Å². The van der Waals surface area contributed by atoms with Crippen LogP contribution in [0.15, 0.2) is 48.5 Å². The average Bonchev–Trinajstić information content (AvgIpc) is 2.47.